The normalized spacial score (nSPS) is 18.1. The van der Waals surface area contributed by atoms with E-state index in [-0.39, 0.29) is 17.3 Å². The quantitative estimate of drug-likeness (QED) is 0.821. The van der Waals surface area contributed by atoms with Gasteiger partial charge >= 0.3 is 12.0 Å². The van der Waals surface area contributed by atoms with E-state index in [9.17, 15) is 22.8 Å². The molecule has 1 aromatic carbocycles. The number of hydrogen-bond donors (Lipinski definition) is 2. The monoisotopic (exact) mass is 306 g/mol. The number of benzene rings is 1. The summed E-state index contributed by atoms with van der Waals surface area (Å²) in [7, 11) is 0. The molecule has 108 valence electrons. The molecule has 1 saturated heterocycles. The van der Waals surface area contributed by atoms with E-state index >= 15 is 0 Å². The Morgan fingerprint density at radius 1 is 1.30 bits per heavy atom. The molecule has 1 aliphatic rings. The van der Waals surface area contributed by atoms with E-state index < -0.39 is 35.5 Å². The molecule has 2 amide bonds. The molecule has 0 aliphatic carbocycles. The molecule has 9 heteroatoms. The molecule has 2 N–H and O–H groups in total. The Hall–Kier alpha value is -1.90. The number of carbonyl (C=O) groups excluding carboxylic acids is 1. The Bertz CT molecular complexity index is 547. The van der Waals surface area contributed by atoms with Crippen LogP contribution in [0.3, 0.4) is 0 Å². The minimum atomic E-state index is -1.64. The lowest BCUT2D eigenvalue weighted by atomic mass is 10.3. The Labute approximate surface area is 115 Å². The lowest BCUT2D eigenvalue weighted by Crippen LogP contribution is -2.44. The van der Waals surface area contributed by atoms with Gasteiger partial charge in [-0.15, -0.1) is 11.8 Å². The van der Waals surface area contributed by atoms with Crippen molar-refractivity contribution in [3.05, 3.63) is 29.6 Å². The topological polar surface area (TPSA) is 69.6 Å². The maximum atomic E-state index is 13.0. The molecule has 5 nitrogen and oxygen atoms in total. The zero-order valence-electron chi connectivity index (χ0n) is 9.90. The summed E-state index contributed by atoms with van der Waals surface area (Å²) in [4.78, 5) is 23.8. The number of rotatable bonds is 2. The number of hydrogen-bond acceptors (Lipinski definition) is 3. The Morgan fingerprint density at radius 3 is 2.45 bits per heavy atom. The van der Waals surface area contributed by atoms with Crippen molar-refractivity contribution < 1.29 is 27.9 Å². The third kappa shape index (κ3) is 2.82. The second kappa shape index (κ2) is 5.61. The van der Waals surface area contributed by atoms with Gasteiger partial charge in [0.2, 0.25) is 0 Å². The van der Waals surface area contributed by atoms with Crippen molar-refractivity contribution in [1.82, 2.24) is 4.90 Å². The number of carbonyl (C=O) groups is 2. The fraction of sp³-hybridized carbons (Fsp3) is 0.273. The van der Waals surface area contributed by atoms with Gasteiger partial charge in [0, 0.05) is 23.6 Å². The summed E-state index contributed by atoms with van der Waals surface area (Å²) in [5.41, 5.74) is -0.285. The molecule has 1 aromatic rings. The number of anilines is 1. The molecule has 0 bridgehead atoms. The molecule has 1 aliphatic heterocycles. The number of carboxylic acids is 1. The first-order valence-electron chi connectivity index (χ1n) is 5.43. The Morgan fingerprint density at radius 2 is 1.90 bits per heavy atom. The lowest BCUT2D eigenvalue weighted by molar-refractivity contribution is -0.140. The van der Waals surface area contributed by atoms with E-state index in [0.717, 1.165) is 4.90 Å². The number of carboxylic acid groups (broad SMARTS) is 1. The van der Waals surface area contributed by atoms with E-state index in [0.29, 0.717) is 12.1 Å². The van der Waals surface area contributed by atoms with E-state index in [1.165, 1.54) is 11.8 Å². The molecule has 2 rings (SSSR count). The van der Waals surface area contributed by atoms with Crippen LogP contribution in [0.2, 0.25) is 0 Å². The molecule has 0 aromatic heterocycles. The average molecular weight is 306 g/mol. The number of aliphatic carboxylic acids is 1. The minimum absolute atomic E-state index is 0.148. The molecule has 0 saturated carbocycles. The van der Waals surface area contributed by atoms with Gasteiger partial charge in [0.15, 0.2) is 17.5 Å². The van der Waals surface area contributed by atoms with Crippen molar-refractivity contribution in [3.63, 3.8) is 0 Å². The summed E-state index contributed by atoms with van der Waals surface area (Å²) in [5.74, 6) is -5.30. The molecular weight excluding hydrogens is 297 g/mol. The molecule has 1 heterocycles. The SMILES string of the molecule is O=C(O)C1CSCN1C(=O)Nc1cc(F)c(F)c(F)c1. The van der Waals surface area contributed by atoms with E-state index in [4.69, 9.17) is 5.11 Å². The van der Waals surface area contributed by atoms with Gasteiger partial charge in [-0.25, -0.2) is 22.8 Å². The first kappa shape index (κ1) is 14.5. The largest absolute Gasteiger partial charge is 0.480 e. The number of urea groups is 1. The standard InChI is InChI=1S/C11H9F3N2O3S/c12-6-1-5(2-7(13)9(6)14)15-11(19)16-4-20-3-8(16)10(17)18/h1-2,8H,3-4H2,(H,15,19)(H,17,18). The third-order valence-electron chi connectivity index (χ3n) is 2.66. The van der Waals surface area contributed by atoms with E-state index in [2.05, 4.69) is 5.32 Å². The molecular formula is C11H9F3N2O3S. The van der Waals surface area contributed by atoms with Crippen LogP contribution < -0.4 is 5.32 Å². The van der Waals surface area contributed by atoms with Gasteiger partial charge in [-0.05, 0) is 0 Å². The van der Waals surface area contributed by atoms with E-state index in [1.54, 1.807) is 0 Å². The van der Waals surface area contributed by atoms with Crippen molar-refractivity contribution in [3.8, 4) is 0 Å². The second-order valence-corrected chi connectivity index (χ2v) is 5.01. The van der Waals surface area contributed by atoms with Crippen LogP contribution in [-0.4, -0.2) is 39.7 Å². The fourth-order valence-corrected chi connectivity index (χ4v) is 2.82. The number of thioether (sulfide) groups is 1. The molecule has 1 atom stereocenters. The number of nitrogens with one attached hydrogen (secondary N) is 1. The maximum Gasteiger partial charge on any atom is 0.327 e. The van der Waals surface area contributed by atoms with Crippen molar-refractivity contribution in [2.75, 3.05) is 16.9 Å². The first-order chi connectivity index (χ1) is 9.40. The molecule has 0 radical (unpaired) electrons. The zero-order chi connectivity index (χ0) is 14.9. The van der Waals surface area contributed by atoms with Gasteiger partial charge in [0.1, 0.15) is 6.04 Å². The summed E-state index contributed by atoms with van der Waals surface area (Å²) < 4.78 is 38.8. The van der Waals surface area contributed by atoms with Crippen molar-refractivity contribution in [1.29, 1.82) is 0 Å². The maximum absolute atomic E-state index is 13.0. The molecule has 0 spiro atoms. The van der Waals surface area contributed by atoms with Crippen LogP contribution >= 0.6 is 11.8 Å². The smallest absolute Gasteiger partial charge is 0.327 e. The first-order valence-corrected chi connectivity index (χ1v) is 6.58. The second-order valence-electron chi connectivity index (χ2n) is 4.01. The number of halogens is 3. The van der Waals surface area contributed by atoms with Gasteiger partial charge in [0.05, 0.1) is 5.88 Å². The van der Waals surface area contributed by atoms with Gasteiger partial charge in [-0.3, -0.25) is 0 Å². The van der Waals surface area contributed by atoms with Crippen LogP contribution in [0.15, 0.2) is 12.1 Å². The zero-order valence-corrected chi connectivity index (χ0v) is 10.7. The van der Waals surface area contributed by atoms with Crippen LogP contribution in [0.4, 0.5) is 23.7 Å². The van der Waals surface area contributed by atoms with Crippen molar-refractivity contribution in [2.24, 2.45) is 0 Å². The molecule has 1 unspecified atom stereocenters. The highest BCUT2D eigenvalue weighted by Crippen LogP contribution is 2.23. The van der Waals surface area contributed by atoms with Gasteiger partial charge in [-0.1, -0.05) is 0 Å². The number of amides is 2. The predicted octanol–water partition coefficient (Wildman–Crippen LogP) is 2.10. The van der Waals surface area contributed by atoms with Crippen LogP contribution in [0, 0.1) is 17.5 Å². The molecule has 1 fully saturated rings. The van der Waals surface area contributed by atoms with Gasteiger partial charge in [-0.2, -0.15) is 0 Å². The highest BCUT2D eigenvalue weighted by atomic mass is 32.2. The van der Waals surface area contributed by atoms with Crippen molar-refractivity contribution in [2.45, 2.75) is 6.04 Å². The van der Waals surface area contributed by atoms with E-state index in [1.807, 2.05) is 0 Å². The average Bonchev–Trinajstić information content (AvgIpc) is 2.85. The Balaban J connectivity index is 2.14. The van der Waals surface area contributed by atoms with Crippen molar-refractivity contribution >= 4 is 29.4 Å². The van der Waals surface area contributed by atoms with Crippen LogP contribution in [0.1, 0.15) is 0 Å². The molecule has 20 heavy (non-hydrogen) atoms. The number of nitrogens with zero attached hydrogens (tertiary/aromatic N) is 1. The third-order valence-corrected chi connectivity index (χ3v) is 3.68. The minimum Gasteiger partial charge on any atom is -0.480 e. The van der Waals surface area contributed by atoms with Crippen LogP contribution in [0.5, 0.6) is 0 Å². The van der Waals surface area contributed by atoms with Crippen LogP contribution in [-0.2, 0) is 4.79 Å². The summed E-state index contributed by atoms with van der Waals surface area (Å²) in [6, 6.07) is -0.576. The van der Waals surface area contributed by atoms with Gasteiger partial charge < -0.3 is 15.3 Å². The fourth-order valence-electron chi connectivity index (χ4n) is 1.67. The van der Waals surface area contributed by atoms with Gasteiger partial charge in [0.25, 0.3) is 0 Å². The van der Waals surface area contributed by atoms with Crippen LogP contribution in [0.25, 0.3) is 0 Å². The summed E-state index contributed by atoms with van der Waals surface area (Å²) in [6.07, 6.45) is 0. The summed E-state index contributed by atoms with van der Waals surface area (Å²) in [6.45, 7) is 0. The highest BCUT2D eigenvalue weighted by Gasteiger charge is 2.34. The Kier molecular flexibility index (Phi) is 4.07. The summed E-state index contributed by atoms with van der Waals surface area (Å²) in [5, 5.41) is 11.1. The predicted molar refractivity (Wildman–Crippen MR) is 65.9 cm³/mol. The summed E-state index contributed by atoms with van der Waals surface area (Å²) >= 11 is 1.24. The highest BCUT2D eigenvalue weighted by molar-refractivity contribution is 7.99. The lowest BCUT2D eigenvalue weighted by Gasteiger charge is -2.20.